The fourth-order valence-electron chi connectivity index (χ4n) is 3.65. The number of nitrogens with zero attached hydrogens (tertiary/aromatic N) is 3. The molecule has 4 heterocycles. The summed E-state index contributed by atoms with van der Waals surface area (Å²) in [6, 6.07) is 0.494. The van der Waals surface area contributed by atoms with E-state index >= 15 is 0 Å². The first-order valence-electron chi connectivity index (χ1n) is 7.61. The summed E-state index contributed by atoms with van der Waals surface area (Å²) in [4.78, 5) is 17.7. The van der Waals surface area contributed by atoms with Gasteiger partial charge in [-0.2, -0.15) is 0 Å². The van der Waals surface area contributed by atoms with Crippen molar-refractivity contribution in [3.05, 3.63) is 33.1 Å². The van der Waals surface area contributed by atoms with Crippen LogP contribution in [0.5, 0.6) is 0 Å². The molecule has 6 heteroatoms. The second-order valence-corrected chi connectivity index (χ2v) is 6.24. The van der Waals surface area contributed by atoms with Crippen LogP contribution in [-0.4, -0.2) is 40.5 Å². The summed E-state index contributed by atoms with van der Waals surface area (Å²) < 4.78 is 0. The Hall–Kier alpha value is -1.53. The number of nitro groups is 1. The van der Waals surface area contributed by atoms with Crippen LogP contribution in [0.3, 0.4) is 0 Å². The van der Waals surface area contributed by atoms with Gasteiger partial charge in [-0.1, -0.05) is 0 Å². The average Bonchev–Trinajstić information content (AvgIpc) is 2.47. The second kappa shape index (κ2) is 5.69. The third-order valence-corrected chi connectivity index (χ3v) is 4.95. The smallest absolute Gasteiger partial charge is 0.278 e. The van der Waals surface area contributed by atoms with E-state index in [2.05, 4.69) is 15.2 Å². The van der Waals surface area contributed by atoms with Gasteiger partial charge in [0.2, 0.25) is 0 Å². The number of piperidine rings is 3. The zero-order valence-corrected chi connectivity index (χ0v) is 12.6. The van der Waals surface area contributed by atoms with Gasteiger partial charge in [0.05, 0.1) is 10.6 Å². The molecule has 1 aromatic heterocycles. The summed E-state index contributed by atoms with van der Waals surface area (Å²) >= 11 is 0. The molecule has 2 bridgehead atoms. The number of pyridine rings is 1. The van der Waals surface area contributed by atoms with Gasteiger partial charge in [0, 0.05) is 36.5 Å². The van der Waals surface area contributed by atoms with Gasteiger partial charge in [-0.15, -0.1) is 0 Å². The Morgan fingerprint density at radius 2 is 2.14 bits per heavy atom. The topological polar surface area (TPSA) is 71.3 Å². The highest BCUT2D eigenvalue weighted by Crippen LogP contribution is 2.28. The van der Waals surface area contributed by atoms with Gasteiger partial charge < -0.3 is 10.2 Å². The number of aryl methyl sites for hydroxylation is 1. The van der Waals surface area contributed by atoms with Crippen LogP contribution < -0.4 is 5.32 Å². The molecule has 1 N–H and O–H groups in total. The van der Waals surface area contributed by atoms with Gasteiger partial charge in [0.15, 0.2) is 0 Å². The van der Waals surface area contributed by atoms with Crippen LogP contribution in [0.15, 0.2) is 6.20 Å². The maximum Gasteiger partial charge on any atom is 0.278 e. The fraction of sp³-hybridized carbons (Fsp3) is 0.667. The summed E-state index contributed by atoms with van der Waals surface area (Å²) in [6.45, 7) is 7.68. The van der Waals surface area contributed by atoms with Crippen molar-refractivity contribution in [2.24, 2.45) is 5.92 Å². The zero-order chi connectivity index (χ0) is 15.0. The van der Waals surface area contributed by atoms with Crippen LogP contribution in [0.2, 0.25) is 0 Å². The lowest BCUT2D eigenvalue weighted by Crippen LogP contribution is -2.55. The molecule has 1 aromatic rings. The minimum atomic E-state index is -0.301. The van der Waals surface area contributed by atoms with E-state index in [1.165, 1.54) is 25.9 Å². The molecule has 0 aliphatic carbocycles. The Morgan fingerprint density at radius 1 is 1.43 bits per heavy atom. The Balaban J connectivity index is 1.71. The molecule has 1 unspecified atom stereocenters. The molecule has 114 valence electrons. The van der Waals surface area contributed by atoms with E-state index in [4.69, 9.17) is 0 Å². The molecule has 3 aliphatic heterocycles. The summed E-state index contributed by atoms with van der Waals surface area (Å²) in [6.07, 6.45) is 4.13. The Bertz CT molecular complexity index is 553. The second-order valence-electron chi connectivity index (χ2n) is 6.24. The molecule has 0 aromatic carbocycles. The molecular formula is C15H22N4O2. The molecule has 3 aliphatic rings. The largest absolute Gasteiger partial charge is 0.307 e. The van der Waals surface area contributed by atoms with Gasteiger partial charge >= 0.3 is 0 Å². The Morgan fingerprint density at radius 3 is 2.71 bits per heavy atom. The van der Waals surface area contributed by atoms with Crippen LogP contribution in [0, 0.1) is 29.9 Å². The quantitative estimate of drug-likeness (QED) is 0.676. The van der Waals surface area contributed by atoms with Crippen LogP contribution in [0.4, 0.5) is 5.69 Å². The first kappa shape index (κ1) is 14.4. The highest BCUT2D eigenvalue weighted by molar-refractivity contribution is 5.47. The lowest BCUT2D eigenvalue weighted by molar-refractivity contribution is -0.386. The summed E-state index contributed by atoms with van der Waals surface area (Å²) in [5.74, 6) is 0.746. The first-order valence-corrected chi connectivity index (χ1v) is 7.61. The molecular weight excluding hydrogens is 268 g/mol. The van der Waals surface area contributed by atoms with E-state index in [0.717, 1.165) is 18.2 Å². The predicted octanol–water partition coefficient (Wildman–Crippen LogP) is 1.79. The Kier molecular flexibility index (Phi) is 3.91. The number of rotatable bonds is 4. The van der Waals surface area contributed by atoms with Crippen molar-refractivity contribution in [2.45, 2.75) is 39.3 Å². The van der Waals surface area contributed by atoms with Gasteiger partial charge in [-0.25, -0.2) is 0 Å². The number of aromatic nitrogens is 1. The summed E-state index contributed by atoms with van der Waals surface area (Å²) in [5.41, 5.74) is 2.32. The van der Waals surface area contributed by atoms with Crippen LogP contribution >= 0.6 is 0 Å². The average molecular weight is 290 g/mol. The molecule has 4 rings (SSSR count). The molecule has 6 nitrogen and oxygen atoms in total. The molecule has 0 amide bonds. The molecule has 0 spiro atoms. The van der Waals surface area contributed by atoms with E-state index in [0.29, 0.717) is 23.7 Å². The highest BCUT2D eigenvalue weighted by Gasteiger charge is 2.33. The Labute approximate surface area is 124 Å². The van der Waals surface area contributed by atoms with Crippen LogP contribution in [0.1, 0.15) is 29.7 Å². The van der Waals surface area contributed by atoms with Crippen molar-refractivity contribution in [2.75, 3.05) is 19.6 Å². The van der Waals surface area contributed by atoms with Gasteiger partial charge in [0.1, 0.15) is 0 Å². The standard InChI is InChI=1S/C15H22N4O2/c1-10-7-16-13(11(2)15(10)19(20)21)8-17-14-9-18-5-3-12(14)4-6-18/h7,12,14,17H,3-6,8-9H2,1-2H3. The van der Waals surface area contributed by atoms with Crippen LogP contribution in [-0.2, 0) is 6.54 Å². The minimum Gasteiger partial charge on any atom is -0.307 e. The van der Waals surface area contributed by atoms with Crippen LogP contribution in [0.25, 0.3) is 0 Å². The van der Waals surface area contributed by atoms with Crippen molar-refractivity contribution in [1.82, 2.24) is 15.2 Å². The maximum absolute atomic E-state index is 11.2. The van der Waals surface area contributed by atoms with E-state index in [9.17, 15) is 10.1 Å². The van der Waals surface area contributed by atoms with Crippen molar-refractivity contribution in [3.8, 4) is 0 Å². The number of hydrogen-bond acceptors (Lipinski definition) is 5. The van der Waals surface area contributed by atoms with E-state index < -0.39 is 0 Å². The number of hydrogen-bond donors (Lipinski definition) is 1. The van der Waals surface area contributed by atoms with Gasteiger partial charge in [-0.3, -0.25) is 15.1 Å². The van der Waals surface area contributed by atoms with E-state index in [1.807, 2.05) is 0 Å². The summed E-state index contributed by atoms with van der Waals surface area (Å²) in [5, 5.41) is 14.7. The zero-order valence-electron chi connectivity index (χ0n) is 12.6. The van der Waals surface area contributed by atoms with Crippen molar-refractivity contribution >= 4 is 5.69 Å². The van der Waals surface area contributed by atoms with Crippen molar-refractivity contribution in [1.29, 1.82) is 0 Å². The third kappa shape index (κ3) is 2.78. The van der Waals surface area contributed by atoms with E-state index in [1.54, 1.807) is 20.0 Å². The molecule has 21 heavy (non-hydrogen) atoms. The number of nitrogens with one attached hydrogen (secondary N) is 1. The normalized spacial score (nSPS) is 27.8. The first-order chi connectivity index (χ1) is 10.1. The van der Waals surface area contributed by atoms with E-state index in [-0.39, 0.29) is 10.6 Å². The monoisotopic (exact) mass is 290 g/mol. The minimum absolute atomic E-state index is 0.204. The lowest BCUT2D eigenvalue weighted by atomic mass is 9.84. The molecule has 0 saturated carbocycles. The predicted molar refractivity (Wildman–Crippen MR) is 80.2 cm³/mol. The van der Waals surface area contributed by atoms with Gasteiger partial charge in [0.25, 0.3) is 5.69 Å². The molecule has 3 fully saturated rings. The number of fused-ring (bicyclic) bond motifs is 3. The van der Waals surface area contributed by atoms with Crippen molar-refractivity contribution < 1.29 is 4.92 Å². The molecule has 3 saturated heterocycles. The SMILES string of the molecule is Cc1cnc(CNC2CN3CCC2CC3)c(C)c1[N+](=O)[O-]. The maximum atomic E-state index is 11.2. The third-order valence-electron chi connectivity index (χ3n) is 4.95. The molecule has 0 radical (unpaired) electrons. The summed E-state index contributed by atoms with van der Waals surface area (Å²) in [7, 11) is 0. The molecule has 1 atom stereocenters. The fourth-order valence-corrected chi connectivity index (χ4v) is 3.65. The van der Waals surface area contributed by atoms with Crippen molar-refractivity contribution in [3.63, 3.8) is 0 Å². The lowest BCUT2D eigenvalue weighted by Gasteiger charge is -2.45. The highest BCUT2D eigenvalue weighted by atomic mass is 16.6. The van der Waals surface area contributed by atoms with Gasteiger partial charge in [-0.05, 0) is 45.7 Å².